The van der Waals surface area contributed by atoms with E-state index in [2.05, 4.69) is 17.6 Å². The van der Waals surface area contributed by atoms with Gasteiger partial charge in [-0.1, -0.05) is 25.5 Å². The Kier molecular flexibility index (Phi) is 8.47. The number of methoxy groups -OCH3 is 1. The fraction of sp³-hybridized carbons (Fsp3) is 0.562. The molecule has 0 fully saturated rings. The number of hydrogen-bond donors (Lipinski definition) is 2. The van der Waals surface area contributed by atoms with Gasteiger partial charge in [-0.05, 0) is 37.1 Å². The van der Waals surface area contributed by atoms with Crippen molar-refractivity contribution in [2.45, 2.75) is 32.6 Å². The van der Waals surface area contributed by atoms with E-state index in [-0.39, 0.29) is 5.91 Å². The highest BCUT2D eigenvalue weighted by Crippen LogP contribution is 2.12. The van der Waals surface area contributed by atoms with Crippen LogP contribution in [0.4, 0.5) is 0 Å². The molecule has 1 aromatic rings. The predicted molar refractivity (Wildman–Crippen MR) is 82.1 cm³/mol. The lowest BCUT2D eigenvalue weighted by atomic mass is 10.1. The summed E-state index contributed by atoms with van der Waals surface area (Å²) >= 11 is 0. The zero-order valence-corrected chi connectivity index (χ0v) is 12.6. The first-order chi connectivity index (χ1) is 9.76. The normalized spacial score (nSPS) is 10.3. The molecule has 20 heavy (non-hydrogen) atoms. The van der Waals surface area contributed by atoms with Crippen molar-refractivity contribution in [3.05, 3.63) is 29.8 Å². The summed E-state index contributed by atoms with van der Waals surface area (Å²) in [6.45, 7) is 4.58. The Morgan fingerprint density at radius 1 is 1.25 bits per heavy atom. The van der Waals surface area contributed by atoms with Gasteiger partial charge in [0.25, 0.3) is 0 Å². The minimum absolute atomic E-state index is 0.108. The van der Waals surface area contributed by atoms with Gasteiger partial charge in [-0.2, -0.15) is 0 Å². The molecule has 0 aliphatic rings. The number of amides is 1. The van der Waals surface area contributed by atoms with Crippen LogP contribution in [0.25, 0.3) is 0 Å². The Hall–Kier alpha value is -1.55. The highest BCUT2D eigenvalue weighted by molar-refractivity contribution is 5.76. The average Bonchev–Trinajstić information content (AvgIpc) is 2.47. The van der Waals surface area contributed by atoms with Crippen LogP contribution in [0.1, 0.15) is 31.7 Å². The number of nitrogens with one attached hydrogen (secondary N) is 2. The third-order valence-electron chi connectivity index (χ3n) is 3.11. The van der Waals surface area contributed by atoms with E-state index >= 15 is 0 Å². The van der Waals surface area contributed by atoms with Crippen molar-refractivity contribution in [1.82, 2.24) is 10.6 Å². The highest BCUT2D eigenvalue weighted by atomic mass is 16.5. The second kappa shape index (κ2) is 10.3. The number of benzene rings is 1. The van der Waals surface area contributed by atoms with E-state index in [4.69, 9.17) is 4.74 Å². The summed E-state index contributed by atoms with van der Waals surface area (Å²) in [5, 5.41) is 6.20. The largest absolute Gasteiger partial charge is 0.497 e. The van der Waals surface area contributed by atoms with E-state index in [1.54, 1.807) is 7.11 Å². The number of hydrogen-bond acceptors (Lipinski definition) is 3. The standard InChI is InChI=1S/C16H26N2O2/c1-3-4-10-17-11-9-16(19)18-12-8-14-6-5-7-15(13-14)20-2/h5-7,13,17H,3-4,8-12H2,1-2H3,(H,18,19). The van der Waals surface area contributed by atoms with Gasteiger partial charge in [0, 0.05) is 19.5 Å². The Labute approximate surface area is 121 Å². The average molecular weight is 278 g/mol. The van der Waals surface area contributed by atoms with Gasteiger partial charge in [-0.25, -0.2) is 0 Å². The van der Waals surface area contributed by atoms with E-state index < -0.39 is 0 Å². The first kappa shape index (κ1) is 16.5. The van der Waals surface area contributed by atoms with E-state index in [1.165, 1.54) is 12.0 Å². The lowest BCUT2D eigenvalue weighted by molar-refractivity contribution is -0.120. The summed E-state index contributed by atoms with van der Waals surface area (Å²) in [6.07, 6.45) is 3.71. The summed E-state index contributed by atoms with van der Waals surface area (Å²) in [7, 11) is 1.66. The summed E-state index contributed by atoms with van der Waals surface area (Å²) in [5.41, 5.74) is 1.17. The van der Waals surface area contributed by atoms with Crippen LogP contribution >= 0.6 is 0 Å². The molecule has 0 saturated heterocycles. The van der Waals surface area contributed by atoms with E-state index in [0.717, 1.165) is 31.7 Å². The summed E-state index contributed by atoms with van der Waals surface area (Å²) in [6, 6.07) is 7.93. The number of carbonyl (C=O) groups excluding carboxylic acids is 1. The first-order valence-corrected chi connectivity index (χ1v) is 7.36. The van der Waals surface area contributed by atoms with Crippen LogP contribution in [0.5, 0.6) is 5.75 Å². The van der Waals surface area contributed by atoms with Crippen molar-refractivity contribution in [3.63, 3.8) is 0 Å². The van der Waals surface area contributed by atoms with Crippen molar-refractivity contribution in [1.29, 1.82) is 0 Å². The van der Waals surface area contributed by atoms with E-state index in [9.17, 15) is 4.79 Å². The quantitative estimate of drug-likeness (QED) is 0.645. The summed E-state index contributed by atoms with van der Waals surface area (Å²) < 4.78 is 5.17. The van der Waals surface area contributed by atoms with Crippen LogP contribution in [0, 0.1) is 0 Å². The Morgan fingerprint density at radius 3 is 2.85 bits per heavy atom. The lowest BCUT2D eigenvalue weighted by Crippen LogP contribution is -2.29. The molecule has 0 radical (unpaired) electrons. The van der Waals surface area contributed by atoms with E-state index in [1.807, 2.05) is 24.3 Å². The smallest absolute Gasteiger partial charge is 0.221 e. The number of ether oxygens (including phenoxy) is 1. The van der Waals surface area contributed by atoms with Gasteiger partial charge < -0.3 is 15.4 Å². The molecule has 0 aromatic heterocycles. The maximum absolute atomic E-state index is 11.6. The van der Waals surface area contributed by atoms with Gasteiger partial charge >= 0.3 is 0 Å². The van der Waals surface area contributed by atoms with Crippen LogP contribution < -0.4 is 15.4 Å². The Bertz CT molecular complexity index is 394. The number of unbranched alkanes of at least 4 members (excludes halogenated alkanes) is 1. The highest BCUT2D eigenvalue weighted by Gasteiger charge is 2.01. The van der Waals surface area contributed by atoms with Crippen molar-refractivity contribution < 1.29 is 9.53 Å². The fourth-order valence-electron chi connectivity index (χ4n) is 1.89. The minimum Gasteiger partial charge on any atom is -0.497 e. The second-order valence-corrected chi connectivity index (χ2v) is 4.81. The third kappa shape index (κ3) is 7.14. The first-order valence-electron chi connectivity index (χ1n) is 7.36. The molecule has 4 heteroatoms. The Morgan fingerprint density at radius 2 is 2.10 bits per heavy atom. The van der Waals surface area contributed by atoms with Gasteiger partial charge in [0.2, 0.25) is 5.91 Å². The summed E-state index contributed by atoms with van der Waals surface area (Å²) in [5.74, 6) is 0.964. The molecule has 0 aliphatic heterocycles. The molecule has 1 amide bonds. The van der Waals surface area contributed by atoms with Crippen LogP contribution in [0.3, 0.4) is 0 Å². The third-order valence-corrected chi connectivity index (χ3v) is 3.11. The molecule has 0 saturated carbocycles. The molecule has 0 bridgehead atoms. The van der Waals surface area contributed by atoms with Gasteiger partial charge in [-0.15, -0.1) is 0 Å². The molecule has 0 aliphatic carbocycles. The maximum atomic E-state index is 11.6. The molecule has 4 nitrogen and oxygen atoms in total. The molecule has 1 rings (SSSR count). The molecular formula is C16H26N2O2. The molecular weight excluding hydrogens is 252 g/mol. The fourth-order valence-corrected chi connectivity index (χ4v) is 1.89. The van der Waals surface area contributed by atoms with Crippen molar-refractivity contribution in [2.75, 3.05) is 26.7 Å². The zero-order chi connectivity index (χ0) is 14.6. The van der Waals surface area contributed by atoms with Crippen LogP contribution in [-0.4, -0.2) is 32.7 Å². The number of carbonyl (C=O) groups is 1. The van der Waals surface area contributed by atoms with Gasteiger partial charge in [0.1, 0.15) is 5.75 Å². The minimum atomic E-state index is 0.108. The van der Waals surface area contributed by atoms with Gasteiger partial charge in [-0.3, -0.25) is 4.79 Å². The second-order valence-electron chi connectivity index (χ2n) is 4.81. The van der Waals surface area contributed by atoms with Gasteiger partial charge in [0.05, 0.1) is 7.11 Å². The van der Waals surface area contributed by atoms with Gasteiger partial charge in [0.15, 0.2) is 0 Å². The molecule has 0 atom stereocenters. The molecule has 0 unspecified atom stereocenters. The summed E-state index contributed by atoms with van der Waals surface area (Å²) in [4.78, 5) is 11.6. The van der Waals surface area contributed by atoms with Crippen molar-refractivity contribution in [2.24, 2.45) is 0 Å². The van der Waals surface area contributed by atoms with Crippen LogP contribution in [-0.2, 0) is 11.2 Å². The molecule has 1 aromatic carbocycles. The SMILES string of the molecule is CCCCNCCC(=O)NCCc1cccc(OC)c1. The number of rotatable bonds is 10. The molecule has 0 heterocycles. The Balaban J connectivity index is 2.12. The topological polar surface area (TPSA) is 50.4 Å². The van der Waals surface area contributed by atoms with Crippen LogP contribution in [0.15, 0.2) is 24.3 Å². The molecule has 112 valence electrons. The molecule has 0 spiro atoms. The monoisotopic (exact) mass is 278 g/mol. The van der Waals surface area contributed by atoms with E-state index in [0.29, 0.717) is 13.0 Å². The van der Waals surface area contributed by atoms with Crippen molar-refractivity contribution >= 4 is 5.91 Å². The zero-order valence-electron chi connectivity index (χ0n) is 12.6. The van der Waals surface area contributed by atoms with Crippen molar-refractivity contribution in [3.8, 4) is 5.75 Å². The molecule has 2 N–H and O–H groups in total. The lowest BCUT2D eigenvalue weighted by Gasteiger charge is -2.07. The maximum Gasteiger partial charge on any atom is 0.221 e. The van der Waals surface area contributed by atoms with Crippen LogP contribution in [0.2, 0.25) is 0 Å². The predicted octanol–water partition coefficient (Wildman–Crippen LogP) is 2.13.